The number of ether oxygens (including phenoxy) is 1. The molecule has 1 N–H and O–H groups in total. The van der Waals surface area contributed by atoms with Crippen LogP contribution in [0.5, 0.6) is 5.75 Å². The van der Waals surface area contributed by atoms with Gasteiger partial charge in [-0.05, 0) is 49.3 Å². The van der Waals surface area contributed by atoms with Crippen molar-refractivity contribution in [2.45, 2.75) is 63.8 Å². The van der Waals surface area contributed by atoms with Gasteiger partial charge in [-0.3, -0.25) is 4.90 Å². The van der Waals surface area contributed by atoms with Crippen LogP contribution in [0.2, 0.25) is 0 Å². The van der Waals surface area contributed by atoms with Crippen LogP contribution in [0, 0.1) is 5.92 Å². The van der Waals surface area contributed by atoms with Crippen LogP contribution >= 0.6 is 0 Å². The van der Waals surface area contributed by atoms with Gasteiger partial charge in [0.2, 0.25) is 0 Å². The van der Waals surface area contributed by atoms with Crippen molar-refractivity contribution in [3.63, 3.8) is 0 Å². The number of hydrogen-bond acceptors (Lipinski definition) is 3. The lowest BCUT2D eigenvalue weighted by Crippen LogP contribution is -2.46. The summed E-state index contributed by atoms with van der Waals surface area (Å²) in [5.74, 6) is 0.0627. The zero-order valence-corrected chi connectivity index (χ0v) is 14.9. The minimum atomic E-state index is -4.84. The van der Waals surface area contributed by atoms with Gasteiger partial charge in [0, 0.05) is 19.1 Å². The summed E-state index contributed by atoms with van der Waals surface area (Å²) < 4.78 is 79.4. The standard InChI is InChI=1S/C18H23F6NO2/c1-12-5-7-14(8-6-12)25(11-16(26)17(19,20)21)10-13-3-2-4-15(9-13)27-18(22,23)24/h2-4,9,12,14,16,26H,5-8,10-11H2,1H3. The lowest BCUT2D eigenvalue weighted by molar-refractivity contribution is -0.274. The predicted molar refractivity (Wildman–Crippen MR) is 87.0 cm³/mol. The highest BCUT2D eigenvalue weighted by Gasteiger charge is 2.40. The molecule has 2 rings (SSSR count). The number of aliphatic hydroxyl groups excluding tert-OH is 1. The van der Waals surface area contributed by atoms with Gasteiger partial charge in [0.1, 0.15) is 5.75 Å². The Bertz CT molecular complexity index is 596. The number of alkyl halides is 6. The van der Waals surface area contributed by atoms with E-state index in [1.807, 2.05) is 0 Å². The molecule has 0 bridgehead atoms. The Balaban J connectivity index is 2.14. The molecule has 1 fully saturated rings. The van der Waals surface area contributed by atoms with Crippen LogP contribution < -0.4 is 4.74 Å². The molecular weight excluding hydrogens is 376 g/mol. The van der Waals surface area contributed by atoms with E-state index in [1.54, 1.807) is 0 Å². The van der Waals surface area contributed by atoms with Gasteiger partial charge in [-0.1, -0.05) is 19.1 Å². The molecule has 0 spiro atoms. The summed E-state index contributed by atoms with van der Waals surface area (Å²) in [4.78, 5) is 1.51. The molecule has 154 valence electrons. The van der Waals surface area contributed by atoms with Crippen LogP contribution in [-0.2, 0) is 6.54 Å². The highest BCUT2D eigenvalue weighted by atomic mass is 19.4. The van der Waals surface area contributed by atoms with Crippen molar-refractivity contribution in [3.8, 4) is 5.75 Å². The molecule has 0 aliphatic heterocycles. The van der Waals surface area contributed by atoms with E-state index in [4.69, 9.17) is 0 Å². The number of halogens is 6. The second-order valence-electron chi connectivity index (χ2n) is 7.10. The van der Waals surface area contributed by atoms with Crippen molar-refractivity contribution < 1.29 is 36.2 Å². The first-order valence-electron chi connectivity index (χ1n) is 8.77. The highest BCUT2D eigenvalue weighted by Crippen LogP contribution is 2.31. The Kier molecular flexibility index (Phi) is 7.02. The fraction of sp³-hybridized carbons (Fsp3) is 0.667. The van der Waals surface area contributed by atoms with E-state index in [0.29, 0.717) is 24.3 Å². The van der Waals surface area contributed by atoms with Crippen molar-refractivity contribution in [3.05, 3.63) is 29.8 Å². The van der Waals surface area contributed by atoms with Crippen LogP contribution in [0.15, 0.2) is 24.3 Å². The largest absolute Gasteiger partial charge is 0.573 e. The molecule has 1 aliphatic rings. The molecule has 0 radical (unpaired) electrons. The summed E-state index contributed by atoms with van der Waals surface area (Å²) in [6, 6.07) is 5.02. The monoisotopic (exact) mass is 399 g/mol. The Morgan fingerprint density at radius 1 is 1.11 bits per heavy atom. The third-order valence-corrected chi connectivity index (χ3v) is 4.80. The molecule has 0 amide bonds. The molecule has 0 saturated heterocycles. The number of aliphatic hydroxyl groups is 1. The van der Waals surface area contributed by atoms with E-state index in [-0.39, 0.29) is 12.6 Å². The van der Waals surface area contributed by atoms with E-state index in [2.05, 4.69) is 11.7 Å². The average molecular weight is 399 g/mol. The Labute approximate surface area is 153 Å². The maximum absolute atomic E-state index is 12.8. The summed E-state index contributed by atoms with van der Waals surface area (Å²) in [5, 5.41) is 9.48. The van der Waals surface area contributed by atoms with Gasteiger partial charge in [-0.2, -0.15) is 13.2 Å². The van der Waals surface area contributed by atoms with Crippen molar-refractivity contribution in [2.24, 2.45) is 5.92 Å². The lowest BCUT2D eigenvalue weighted by atomic mass is 9.86. The third kappa shape index (κ3) is 7.21. The zero-order chi connectivity index (χ0) is 20.2. The normalized spacial score (nSPS) is 22.7. The van der Waals surface area contributed by atoms with Crippen LogP contribution in [0.3, 0.4) is 0 Å². The van der Waals surface area contributed by atoms with Gasteiger partial charge in [0.15, 0.2) is 6.10 Å². The zero-order valence-electron chi connectivity index (χ0n) is 14.9. The first-order valence-corrected chi connectivity index (χ1v) is 8.77. The Morgan fingerprint density at radius 3 is 2.30 bits per heavy atom. The molecule has 1 aromatic carbocycles. The summed E-state index contributed by atoms with van der Waals surface area (Å²) in [6.45, 7) is 1.46. The first kappa shape index (κ1) is 21.8. The maximum Gasteiger partial charge on any atom is 0.573 e. The fourth-order valence-corrected chi connectivity index (χ4v) is 3.35. The average Bonchev–Trinajstić information content (AvgIpc) is 2.52. The second kappa shape index (κ2) is 8.68. The fourth-order valence-electron chi connectivity index (χ4n) is 3.35. The number of benzene rings is 1. The van der Waals surface area contributed by atoms with E-state index in [1.165, 1.54) is 17.0 Å². The van der Waals surface area contributed by atoms with Gasteiger partial charge < -0.3 is 9.84 Å². The molecule has 27 heavy (non-hydrogen) atoms. The van der Waals surface area contributed by atoms with E-state index in [9.17, 15) is 31.4 Å². The molecule has 0 aromatic heterocycles. The van der Waals surface area contributed by atoms with Crippen molar-refractivity contribution in [1.29, 1.82) is 0 Å². The topological polar surface area (TPSA) is 32.7 Å². The lowest BCUT2D eigenvalue weighted by Gasteiger charge is -2.37. The van der Waals surface area contributed by atoms with Crippen molar-refractivity contribution >= 4 is 0 Å². The smallest absolute Gasteiger partial charge is 0.406 e. The van der Waals surface area contributed by atoms with Gasteiger partial charge >= 0.3 is 12.5 Å². The third-order valence-electron chi connectivity index (χ3n) is 4.80. The number of hydrogen-bond donors (Lipinski definition) is 1. The SMILES string of the molecule is CC1CCC(N(Cc2cccc(OC(F)(F)F)c2)CC(O)C(F)(F)F)CC1. The highest BCUT2D eigenvalue weighted by molar-refractivity contribution is 5.28. The predicted octanol–water partition coefficient (Wildman–Crippen LogP) is 4.89. The van der Waals surface area contributed by atoms with Crippen LogP contribution in [0.4, 0.5) is 26.3 Å². The summed E-state index contributed by atoms with van der Waals surface area (Å²) >= 11 is 0. The summed E-state index contributed by atoms with van der Waals surface area (Å²) in [5.41, 5.74) is 0.393. The molecule has 3 nitrogen and oxygen atoms in total. The van der Waals surface area contributed by atoms with Crippen LogP contribution in [-0.4, -0.2) is 41.2 Å². The van der Waals surface area contributed by atoms with Crippen molar-refractivity contribution in [2.75, 3.05) is 6.54 Å². The summed E-state index contributed by atoms with van der Waals surface area (Å²) in [7, 11) is 0. The molecule has 0 heterocycles. The molecule has 1 saturated carbocycles. The minimum absolute atomic E-state index is 0.00123. The first-order chi connectivity index (χ1) is 12.4. The Hall–Kier alpha value is -1.48. The van der Waals surface area contributed by atoms with E-state index in [0.717, 1.165) is 25.0 Å². The molecule has 1 aromatic rings. The summed E-state index contributed by atoms with van der Waals surface area (Å²) in [6.07, 6.45) is -9.01. The molecule has 1 unspecified atom stereocenters. The molecule has 9 heteroatoms. The van der Waals surface area contributed by atoms with E-state index >= 15 is 0 Å². The Morgan fingerprint density at radius 2 is 1.74 bits per heavy atom. The van der Waals surface area contributed by atoms with E-state index < -0.39 is 30.9 Å². The maximum atomic E-state index is 12.8. The van der Waals surface area contributed by atoms with Gasteiger partial charge in [0.05, 0.1) is 0 Å². The van der Waals surface area contributed by atoms with Crippen molar-refractivity contribution in [1.82, 2.24) is 4.90 Å². The van der Waals surface area contributed by atoms with Gasteiger partial charge in [-0.15, -0.1) is 13.2 Å². The molecular formula is C18H23F6NO2. The number of nitrogens with zero attached hydrogens (tertiary/aromatic N) is 1. The minimum Gasteiger partial charge on any atom is -0.406 e. The van der Waals surface area contributed by atoms with Gasteiger partial charge in [0.25, 0.3) is 0 Å². The van der Waals surface area contributed by atoms with Gasteiger partial charge in [-0.25, -0.2) is 0 Å². The quantitative estimate of drug-likeness (QED) is 0.692. The second-order valence-corrected chi connectivity index (χ2v) is 7.10. The number of rotatable bonds is 6. The molecule has 1 aliphatic carbocycles. The van der Waals surface area contributed by atoms with Crippen LogP contribution in [0.1, 0.15) is 38.2 Å². The molecule has 1 atom stereocenters. The van der Waals surface area contributed by atoms with Crippen LogP contribution in [0.25, 0.3) is 0 Å².